The summed E-state index contributed by atoms with van der Waals surface area (Å²) < 4.78 is 12.8. The molecule has 2 aromatic carbocycles. The molecule has 0 bridgehead atoms. The average Bonchev–Trinajstić information content (AvgIpc) is 3.02. The molecule has 1 aromatic heterocycles. The van der Waals surface area contributed by atoms with Gasteiger partial charge in [-0.25, -0.2) is 0 Å². The molecule has 1 aliphatic rings. The normalized spacial score (nSPS) is 13.3. The number of amides is 1. The van der Waals surface area contributed by atoms with Crippen LogP contribution in [-0.2, 0) is 13.0 Å². The Balaban J connectivity index is 1.63. The van der Waals surface area contributed by atoms with Gasteiger partial charge >= 0.3 is 0 Å². The number of ether oxygens (including phenoxy) is 2. The third kappa shape index (κ3) is 4.01. The topological polar surface area (TPSA) is 78.3 Å². The number of fused-ring (bicyclic) bond motifs is 1. The first-order chi connectivity index (χ1) is 14.6. The van der Waals surface area contributed by atoms with E-state index in [1.807, 2.05) is 25.1 Å². The molecule has 0 radical (unpaired) electrons. The van der Waals surface area contributed by atoms with Gasteiger partial charge in [0.05, 0.1) is 14.2 Å². The minimum absolute atomic E-state index is 0.229. The third-order valence-corrected chi connectivity index (χ3v) is 5.47. The minimum Gasteiger partial charge on any atom is -0.497 e. The molecule has 0 fully saturated rings. The first-order valence-electron chi connectivity index (χ1n) is 10.2. The molecular weight excluding hydrogens is 380 g/mol. The van der Waals surface area contributed by atoms with E-state index in [-0.39, 0.29) is 5.91 Å². The molecule has 156 valence electrons. The van der Waals surface area contributed by atoms with Gasteiger partial charge in [0, 0.05) is 35.8 Å². The lowest BCUT2D eigenvalue weighted by Crippen LogP contribution is -2.13. The summed E-state index contributed by atoms with van der Waals surface area (Å²) in [4.78, 5) is 12.9. The predicted octanol–water partition coefficient (Wildman–Crippen LogP) is 4.25. The molecule has 1 amide bonds. The molecule has 0 saturated carbocycles. The van der Waals surface area contributed by atoms with Gasteiger partial charge in [0.2, 0.25) is 0 Å². The van der Waals surface area contributed by atoms with Crippen LogP contribution in [0.3, 0.4) is 0 Å². The van der Waals surface area contributed by atoms with E-state index in [0.29, 0.717) is 17.1 Å². The van der Waals surface area contributed by atoms with Crippen molar-refractivity contribution in [3.05, 3.63) is 53.3 Å². The molecule has 0 spiro atoms. The minimum atomic E-state index is -0.229. The number of aromatic nitrogens is 3. The maximum absolute atomic E-state index is 12.9. The Labute approximate surface area is 176 Å². The number of aryl methyl sites for hydroxylation is 2. The summed E-state index contributed by atoms with van der Waals surface area (Å²) in [5, 5.41) is 11.8. The molecule has 0 atom stereocenters. The second-order valence-corrected chi connectivity index (χ2v) is 7.49. The van der Waals surface area contributed by atoms with Crippen LogP contribution in [0.4, 0.5) is 5.69 Å². The van der Waals surface area contributed by atoms with E-state index in [9.17, 15) is 4.79 Å². The number of methoxy groups -OCH3 is 2. The van der Waals surface area contributed by atoms with Crippen molar-refractivity contribution in [3.8, 4) is 22.9 Å². The molecule has 2 heterocycles. The number of hydrogen-bond donors (Lipinski definition) is 1. The molecule has 1 N–H and O–H groups in total. The van der Waals surface area contributed by atoms with Crippen LogP contribution in [0.2, 0.25) is 0 Å². The number of rotatable bonds is 5. The lowest BCUT2D eigenvalue weighted by molar-refractivity contribution is 0.102. The Morgan fingerprint density at radius 3 is 2.50 bits per heavy atom. The summed E-state index contributed by atoms with van der Waals surface area (Å²) in [5.41, 5.74) is 3.12. The van der Waals surface area contributed by atoms with E-state index in [4.69, 9.17) is 9.47 Å². The maximum atomic E-state index is 12.9. The van der Waals surface area contributed by atoms with Gasteiger partial charge in [-0.3, -0.25) is 4.79 Å². The van der Waals surface area contributed by atoms with Gasteiger partial charge in [0.25, 0.3) is 5.91 Å². The predicted molar refractivity (Wildman–Crippen MR) is 115 cm³/mol. The zero-order valence-corrected chi connectivity index (χ0v) is 17.6. The van der Waals surface area contributed by atoms with Crippen LogP contribution < -0.4 is 14.8 Å². The standard InChI is InChI=1S/C23H26N4O3/c1-15-8-9-16(22-26-25-21-7-5-4-6-10-27(21)22)13-20(15)24-23(28)17-11-18(29-2)14-19(12-17)30-3/h8-9,11-14H,4-7,10H2,1-3H3,(H,24,28). The molecule has 0 unspecified atom stereocenters. The smallest absolute Gasteiger partial charge is 0.255 e. The summed E-state index contributed by atoms with van der Waals surface area (Å²) in [6.07, 6.45) is 4.45. The number of carbonyl (C=O) groups excluding carboxylic acids is 1. The first kappa shape index (κ1) is 19.9. The Morgan fingerprint density at radius 1 is 1.00 bits per heavy atom. The SMILES string of the molecule is COc1cc(OC)cc(C(=O)Nc2cc(-c3nnc4n3CCCCC4)ccc2C)c1. The van der Waals surface area contributed by atoms with Crippen LogP contribution in [-0.4, -0.2) is 34.9 Å². The van der Waals surface area contributed by atoms with Crippen molar-refractivity contribution in [2.24, 2.45) is 0 Å². The molecule has 1 aliphatic heterocycles. The van der Waals surface area contributed by atoms with Crippen molar-refractivity contribution in [2.75, 3.05) is 19.5 Å². The fourth-order valence-electron chi connectivity index (χ4n) is 3.73. The highest BCUT2D eigenvalue weighted by Crippen LogP contribution is 2.28. The summed E-state index contributed by atoms with van der Waals surface area (Å²) in [6.45, 7) is 2.90. The number of carbonyl (C=O) groups is 1. The van der Waals surface area contributed by atoms with E-state index in [1.165, 1.54) is 6.42 Å². The molecule has 4 rings (SSSR count). The lowest BCUT2D eigenvalue weighted by atomic mass is 10.1. The number of anilines is 1. The van der Waals surface area contributed by atoms with Crippen LogP contribution >= 0.6 is 0 Å². The second-order valence-electron chi connectivity index (χ2n) is 7.49. The van der Waals surface area contributed by atoms with E-state index in [2.05, 4.69) is 20.1 Å². The van der Waals surface area contributed by atoms with Crippen LogP contribution in [0.15, 0.2) is 36.4 Å². The molecule has 0 saturated heterocycles. The summed E-state index contributed by atoms with van der Waals surface area (Å²) >= 11 is 0. The molecule has 3 aromatic rings. The zero-order valence-electron chi connectivity index (χ0n) is 17.6. The van der Waals surface area contributed by atoms with Gasteiger partial charge < -0.3 is 19.4 Å². The number of benzene rings is 2. The number of nitrogens with zero attached hydrogens (tertiary/aromatic N) is 3. The van der Waals surface area contributed by atoms with Gasteiger partial charge in [0.15, 0.2) is 5.82 Å². The van der Waals surface area contributed by atoms with E-state index >= 15 is 0 Å². The summed E-state index contributed by atoms with van der Waals surface area (Å²) in [5.74, 6) is 2.79. The van der Waals surface area contributed by atoms with Crippen LogP contribution in [0.25, 0.3) is 11.4 Å². The van der Waals surface area contributed by atoms with Crippen molar-refractivity contribution in [1.82, 2.24) is 14.8 Å². The monoisotopic (exact) mass is 406 g/mol. The van der Waals surface area contributed by atoms with Gasteiger partial charge in [-0.1, -0.05) is 18.6 Å². The number of nitrogens with one attached hydrogen (secondary N) is 1. The van der Waals surface area contributed by atoms with Gasteiger partial charge in [0.1, 0.15) is 17.3 Å². The van der Waals surface area contributed by atoms with Crippen molar-refractivity contribution < 1.29 is 14.3 Å². The van der Waals surface area contributed by atoms with Crippen molar-refractivity contribution in [3.63, 3.8) is 0 Å². The fourth-order valence-corrected chi connectivity index (χ4v) is 3.73. The second kappa shape index (κ2) is 8.57. The third-order valence-electron chi connectivity index (χ3n) is 5.47. The maximum Gasteiger partial charge on any atom is 0.255 e. The highest BCUT2D eigenvalue weighted by atomic mass is 16.5. The average molecular weight is 406 g/mol. The fraction of sp³-hybridized carbons (Fsp3) is 0.348. The zero-order chi connectivity index (χ0) is 21.1. The van der Waals surface area contributed by atoms with E-state index in [0.717, 1.165) is 54.3 Å². The van der Waals surface area contributed by atoms with Crippen molar-refractivity contribution >= 4 is 11.6 Å². The van der Waals surface area contributed by atoms with Crippen LogP contribution in [0, 0.1) is 6.92 Å². The Morgan fingerprint density at radius 2 is 1.77 bits per heavy atom. The summed E-state index contributed by atoms with van der Waals surface area (Å²) in [7, 11) is 3.12. The lowest BCUT2D eigenvalue weighted by Gasteiger charge is -2.13. The quantitative estimate of drug-likeness (QED) is 0.685. The Hall–Kier alpha value is -3.35. The number of hydrogen-bond acceptors (Lipinski definition) is 5. The van der Waals surface area contributed by atoms with Gasteiger partial charge in [-0.2, -0.15) is 0 Å². The van der Waals surface area contributed by atoms with Crippen LogP contribution in [0.1, 0.15) is 41.0 Å². The molecule has 30 heavy (non-hydrogen) atoms. The molecule has 7 nitrogen and oxygen atoms in total. The Bertz CT molecular complexity index is 1050. The van der Waals surface area contributed by atoms with E-state index in [1.54, 1.807) is 32.4 Å². The largest absolute Gasteiger partial charge is 0.497 e. The van der Waals surface area contributed by atoms with Gasteiger partial charge in [-0.15, -0.1) is 10.2 Å². The Kier molecular flexibility index (Phi) is 5.70. The highest BCUT2D eigenvalue weighted by molar-refractivity contribution is 6.05. The van der Waals surface area contributed by atoms with Crippen LogP contribution in [0.5, 0.6) is 11.5 Å². The van der Waals surface area contributed by atoms with Gasteiger partial charge in [-0.05, 0) is 43.5 Å². The van der Waals surface area contributed by atoms with Crippen molar-refractivity contribution in [1.29, 1.82) is 0 Å². The van der Waals surface area contributed by atoms with Crippen molar-refractivity contribution in [2.45, 2.75) is 39.2 Å². The first-order valence-corrected chi connectivity index (χ1v) is 10.2. The highest BCUT2D eigenvalue weighted by Gasteiger charge is 2.18. The molecular formula is C23H26N4O3. The summed E-state index contributed by atoms with van der Waals surface area (Å²) in [6, 6.07) is 11.1. The van der Waals surface area contributed by atoms with E-state index < -0.39 is 0 Å². The molecule has 7 heteroatoms. The molecule has 0 aliphatic carbocycles.